The molecule has 1 aromatic carbocycles. The molecule has 1 atom stereocenters. The van der Waals surface area contributed by atoms with Gasteiger partial charge in [0.1, 0.15) is 6.04 Å². The number of benzene rings is 1. The Hall–Kier alpha value is -3.33. The zero-order valence-electron chi connectivity index (χ0n) is 18.3. The molecule has 3 aromatic rings. The number of carbonyl (C=O) groups excluding carboxylic acids is 2. The van der Waals surface area contributed by atoms with Gasteiger partial charge in [-0.15, -0.1) is 5.10 Å². The summed E-state index contributed by atoms with van der Waals surface area (Å²) in [5.41, 5.74) is 3.76. The summed E-state index contributed by atoms with van der Waals surface area (Å²) < 4.78 is 1.56. The van der Waals surface area contributed by atoms with Crippen molar-refractivity contribution in [2.24, 2.45) is 0 Å². The number of fused-ring (bicyclic) bond motifs is 2. The summed E-state index contributed by atoms with van der Waals surface area (Å²) in [6.45, 7) is 5.34. The molecule has 0 saturated carbocycles. The van der Waals surface area contributed by atoms with Crippen LogP contribution in [0.2, 0.25) is 0 Å². The van der Waals surface area contributed by atoms with E-state index >= 15 is 0 Å². The van der Waals surface area contributed by atoms with Crippen molar-refractivity contribution in [3.63, 3.8) is 0 Å². The number of nitrogens with one attached hydrogen (secondary N) is 1. The van der Waals surface area contributed by atoms with E-state index in [1.54, 1.807) is 9.42 Å². The van der Waals surface area contributed by atoms with E-state index in [9.17, 15) is 9.59 Å². The molecule has 1 N–H and O–H groups in total. The lowest BCUT2D eigenvalue weighted by atomic mass is 9.93. The van der Waals surface area contributed by atoms with Crippen LogP contribution in [-0.4, -0.2) is 74.4 Å². The standard InChI is InChI=1S/C22H27N7O2/c1-14-11-15(2)29-22(24-14)25-19(26-29)21(31)28-13-17-8-6-5-7-16(17)12-18(28)20(30)23-9-10-27(3)4/h5-8,11,18H,9-10,12-13H2,1-4H3,(H,23,30). The summed E-state index contributed by atoms with van der Waals surface area (Å²) in [7, 11) is 3.90. The molecule has 1 aliphatic heterocycles. The second-order valence-corrected chi connectivity index (χ2v) is 8.20. The number of carbonyl (C=O) groups is 2. The molecule has 2 amide bonds. The van der Waals surface area contributed by atoms with E-state index in [1.807, 2.05) is 63.2 Å². The van der Waals surface area contributed by atoms with E-state index in [0.717, 1.165) is 29.1 Å². The fourth-order valence-corrected chi connectivity index (χ4v) is 3.88. The van der Waals surface area contributed by atoms with Gasteiger partial charge in [-0.25, -0.2) is 9.50 Å². The van der Waals surface area contributed by atoms with Gasteiger partial charge in [0.15, 0.2) is 0 Å². The molecule has 2 aromatic heterocycles. The van der Waals surface area contributed by atoms with Crippen LogP contribution in [0.1, 0.15) is 33.1 Å². The van der Waals surface area contributed by atoms with Crippen LogP contribution in [0.4, 0.5) is 0 Å². The molecule has 1 unspecified atom stereocenters. The van der Waals surface area contributed by atoms with Gasteiger partial charge < -0.3 is 15.1 Å². The van der Waals surface area contributed by atoms with Crippen molar-refractivity contribution in [1.82, 2.24) is 34.7 Å². The van der Waals surface area contributed by atoms with E-state index in [-0.39, 0.29) is 17.6 Å². The van der Waals surface area contributed by atoms with E-state index in [4.69, 9.17) is 0 Å². The van der Waals surface area contributed by atoms with Gasteiger partial charge in [-0.05, 0) is 45.1 Å². The van der Waals surface area contributed by atoms with Crippen LogP contribution in [0, 0.1) is 13.8 Å². The number of hydrogen-bond donors (Lipinski definition) is 1. The lowest BCUT2D eigenvalue weighted by Crippen LogP contribution is -2.53. The summed E-state index contributed by atoms with van der Waals surface area (Å²) in [5.74, 6) is -0.111. The average Bonchev–Trinajstić information content (AvgIpc) is 3.16. The first-order valence-corrected chi connectivity index (χ1v) is 10.3. The van der Waals surface area contributed by atoms with E-state index in [1.165, 1.54) is 0 Å². The average molecular weight is 422 g/mol. The van der Waals surface area contributed by atoms with Gasteiger partial charge in [0, 0.05) is 37.4 Å². The monoisotopic (exact) mass is 421 g/mol. The maximum atomic E-state index is 13.4. The molecular weight excluding hydrogens is 394 g/mol. The third-order valence-electron chi connectivity index (χ3n) is 5.48. The second-order valence-electron chi connectivity index (χ2n) is 8.20. The van der Waals surface area contributed by atoms with E-state index < -0.39 is 6.04 Å². The highest BCUT2D eigenvalue weighted by atomic mass is 16.2. The topological polar surface area (TPSA) is 95.7 Å². The Kier molecular flexibility index (Phi) is 5.69. The largest absolute Gasteiger partial charge is 0.353 e. The first-order valence-electron chi connectivity index (χ1n) is 10.3. The third kappa shape index (κ3) is 4.27. The van der Waals surface area contributed by atoms with Gasteiger partial charge in [-0.3, -0.25) is 9.59 Å². The molecular formula is C22H27N7O2. The van der Waals surface area contributed by atoms with Crippen LogP contribution in [0.25, 0.3) is 5.78 Å². The van der Waals surface area contributed by atoms with Gasteiger partial charge in [0.2, 0.25) is 11.7 Å². The van der Waals surface area contributed by atoms with Crippen molar-refractivity contribution in [3.8, 4) is 0 Å². The number of aryl methyl sites for hydroxylation is 2. The van der Waals surface area contributed by atoms with E-state index in [0.29, 0.717) is 25.3 Å². The third-order valence-corrected chi connectivity index (χ3v) is 5.48. The van der Waals surface area contributed by atoms with Crippen LogP contribution < -0.4 is 5.32 Å². The number of likely N-dealkylation sites (N-methyl/N-ethyl adjacent to an activating group) is 1. The maximum Gasteiger partial charge on any atom is 0.294 e. The summed E-state index contributed by atoms with van der Waals surface area (Å²) in [4.78, 5) is 38.8. The molecule has 0 aliphatic carbocycles. The van der Waals surface area contributed by atoms with Gasteiger partial charge in [0.05, 0.1) is 0 Å². The molecule has 9 nitrogen and oxygen atoms in total. The summed E-state index contributed by atoms with van der Waals surface area (Å²) in [5, 5.41) is 7.34. The summed E-state index contributed by atoms with van der Waals surface area (Å²) >= 11 is 0. The normalized spacial score (nSPS) is 15.9. The van der Waals surface area contributed by atoms with Crippen molar-refractivity contribution < 1.29 is 9.59 Å². The van der Waals surface area contributed by atoms with Crippen LogP contribution in [0.5, 0.6) is 0 Å². The van der Waals surface area contributed by atoms with Gasteiger partial charge in [-0.1, -0.05) is 24.3 Å². The number of aromatic nitrogens is 4. The highest BCUT2D eigenvalue weighted by molar-refractivity contribution is 5.95. The van der Waals surface area contributed by atoms with Gasteiger partial charge in [0.25, 0.3) is 11.7 Å². The zero-order valence-corrected chi connectivity index (χ0v) is 18.3. The molecule has 0 saturated heterocycles. The van der Waals surface area contributed by atoms with Crippen molar-refractivity contribution in [2.75, 3.05) is 27.2 Å². The van der Waals surface area contributed by atoms with Crippen LogP contribution in [0.15, 0.2) is 30.3 Å². The molecule has 0 bridgehead atoms. The lowest BCUT2D eigenvalue weighted by molar-refractivity contribution is -0.126. The lowest BCUT2D eigenvalue weighted by Gasteiger charge is -2.35. The predicted molar refractivity (Wildman–Crippen MR) is 116 cm³/mol. The minimum Gasteiger partial charge on any atom is -0.353 e. The van der Waals surface area contributed by atoms with E-state index in [2.05, 4.69) is 20.4 Å². The van der Waals surface area contributed by atoms with Crippen molar-refractivity contribution >= 4 is 17.6 Å². The number of nitrogens with zero attached hydrogens (tertiary/aromatic N) is 6. The minimum atomic E-state index is -0.619. The smallest absolute Gasteiger partial charge is 0.294 e. The Morgan fingerprint density at radius 3 is 2.65 bits per heavy atom. The van der Waals surface area contributed by atoms with Crippen molar-refractivity contribution in [1.29, 1.82) is 0 Å². The Labute approximate surface area is 181 Å². The van der Waals surface area contributed by atoms with Gasteiger partial charge in [-0.2, -0.15) is 4.98 Å². The molecule has 162 valence electrons. The minimum absolute atomic E-state index is 0.0478. The Morgan fingerprint density at radius 2 is 1.90 bits per heavy atom. The number of rotatable bonds is 5. The quantitative estimate of drug-likeness (QED) is 0.660. The van der Waals surface area contributed by atoms with Gasteiger partial charge >= 0.3 is 0 Å². The highest BCUT2D eigenvalue weighted by Crippen LogP contribution is 2.25. The van der Waals surface area contributed by atoms with Crippen molar-refractivity contribution in [3.05, 3.63) is 58.7 Å². The first-order chi connectivity index (χ1) is 14.8. The summed E-state index contributed by atoms with van der Waals surface area (Å²) in [6.07, 6.45) is 0.458. The molecule has 31 heavy (non-hydrogen) atoms. The molecule has 0 spiro atoms. The van der Waals surface area contributed by atoms with Crippen LogP contribution >= 0.6 is 0 Å². The Bertz CT molecular complexity index is 1140. The predicted octanol–water partition coefficient (Wildman–Crippen LogP) is 0.986. The fraction of sp³-hybridized carbons (Fsp3) is 0.409. The van der Waals surface area contributed by atoms with Crippen LogP contribution in [0.3, 0.4) is 0 Å². The number of hydrogen-bond acceptors (Lipinski definition) is 6. The molecule has 9 heteroatoms. The first kappa shape index (κ1) is 20.9. The maximum absolute atomic E-state index is 13.4. The van der Waals surface area contributed by atoms with Crippen LogP contribution in [-0.2, 0) is 17.8 Å². The fourth-order valence-electron chi connectivity index (χ4n) is 3.88. The Morgan fingerprint density at radius 1 is 1.16 bits per heavy atom. The SMILES string of the molecule is Cc1cc(C)n2nc(C(=O)N3Cc4ccccc4CC3C(=O)NCCN(C)C)nc2n1. The highest BCUT2D eigenvalue weighted by Gasteiger charge is 2.36. The molecule has 4 rings (SSSR count). The molecule has 3 heterocycles. The zero-order chi connectivity index (χ0) is 22.1. The molecule has 0 fully saturated rings. The second kappa shape index (κ2) is 8.43. The Balaban J connectivity index is 1.65. The molecule has 1 aliphatic rings. The summed E-state index contributed by atoms with van der Waals surface area (Å²) in [6, 6.07) is 9.16. The molecule has 0 radical (unpaired) electrons. The number of amides is 2. The van der Waals surface area contributed by atoms with Crippen molar-refractivity contribution in [2.45, 2.75) is 32.9 Å².